The number of hydrogen-bond acceptors (Lipinski definition) is 3. The zero-order valence-electron chi connectivity index (χ0n) is 10.8. The van der Waals surface area contributed by atoms with E-state index in [4.69, 9.17) is 4.74 Å². The van der Waals surface area contributed by atoms with Gasteiger partial charge in [-0.2, -0.15) is 0 Å². The van der Waals surface area contributed by atoms with E-state index in [1.54, 1.807) is 7.11 Å². The van der Waals surface area contributed by atoms with Gasteiger partial charge in [-0.05, 0) is 32.4 Å². The van der Waals surface area contributed by atoms with E-state index in [2.05, 4.69) is 28.0 Å². The smallest absolute Gasteiger partial charge is 0.213 e. The van der Waals surface area contributed by atoms with Gasteiger partial charge in [0.2, 0.25) is 5.88 Å². The molecule has 0 radical (unpaired) electrons. The van der Waals surface area contributed by atoms with Gasteiger partial charge in [0.1, 0.15) is 0 Å². The summed E-state index contributed by atoms with van der Waals surface area (Å²) in [4.78, 5) is 10.6. The summed E-state index contributed by atoms with van der Waals surface area (Å²) in [5, 5.41) is 0. The van der Waals surface area contributed by atoms with Gasteiger partial charge >= 0.3 is 0 Å². The number of fused-ring (bicyclic) bond motifs is 3. The Hall–Kier alpha value is -1.55. The summed E-state index contributed by atoms with van der Waals surface area (Å²) in [7, 11) is 3.90. The van der Waals surface area contributed by atoms with Crippen LogP contribution in [0.3, 0.4) is 0 Å². The Balaban J connectivity index is 1.90. The van der Waals surface area contributed by atoms with E-state index in [-0.39, 0.29) is 0 Å². The van der Waals surface area contributed by atoms with Crippen LogP contribution in [0, 0.1) is 0 Å². The Morgan fingerprint density at radius 2 is 2.22 bits per heavy atom. The molecule has 3 heterocycles. The van der Waals surface area contributed by atoms with Gasteiger partial charge in [-0.25, -0.2) is 4.98 Å². The standard InChI is InChI=1S/C14H17N3O/c1-17-8-11-9(7-14(17)5-6-14)13-10(15-11)3-4-12(16-13)18-2/h3-4,15H,5-8H2,1-2H3. The van der Waals surface area contributed by atoms with Crippen LogP contribution in [-0.4, -0.2) is 34.6 Å². The Labute approximate surface area is 106 Å². The van der Waals surface area contributed by atoms with Crippen LogP contribution in [0.5, 0.6) is 5.88 Å². The van der Waals surface area contributed by atoms with E-state index in [1.807, 2.05) is 6.07 Å². The van der Waals surface area contributed by atoms with E-state index >= 15 is 0 Å². The van der Waals surface area contributed by atoms with Gasteiger partial charge in [-0.1, -0.05) is 0 Å². The minimum atomic E-state index is 0.423. The molecule has 0 atom stereocenters. The summed E-state index contributed by atoms with van der Waals surface area (Å²) in [6, 6.07) is 3.99. The van der Waals surface area contributed by atoms with Crippen molar-refractivity contribution in [1.29, 1.82) is 0 Å². The first-order valence-electron chi connectivity index (χ1n) is 6.48. The van der Waals surface area contributed by atoms with Crippen LogP contribution in [-0.2, 0) is 13.0 Å². The highest BCUT2D eigenvalue weighted by Crippen LogP contribution is 2.48. The molecule has 0 saturated heterocycles. The number of H-pyrrole nitrogens is 1. The fourth-order valence-electron chi connectivity index (χ4n) is 3.16. The molecule has 1 fully saturated rings. The van der Waals surface area contributed by atoms with Crippen molar-refractivity contribution in [3.05, 3.63) is 23.4 Å². The van der Waals surface area contributed by atoms with Gasteiger partial charge in [-0.3, -0.25) is 4.90 Å². The molecule has 0 bridgehead atoms. The second kappa shape index (κ2) is 3.26. The monoisotopic (exact) mass is 243 g/mol. The molecule has 1 aliphatic carbocycles. The Bertz CT molecular complexity index is 627. The molecule has 4 nitrogen and oxygen atoms in total. The fourth-order valence-corrected chi connectivity index (χ4v) is 3.16. The van der Waals surface area contributed by atoms with Crippen LogP contribution in [0.1, 0.15) is 24.1 Å². The number of hydrogen-bond donors (Lipinski definition) is 1. The van der Waals surface area contributed by atoms with Crippen molar-refractivity contribution < 1.29 is 4.74 Å². The van der Waals surface area contributed by atoms with Crippen LogP contribution >= 0.6 is 0 Å². The normalized spacial score (nSPS) is 21.2. The third kappa shape index (κ3) is 1.27. The maximum absolute atomic E-state index is 5.24. The Kier molecular flexibility index (Phi) is 1.88. The van der Waals surface area contributed by atoms with E-state index in [1.165, 1.54) is 24.1 Å². The summed E-state index contributed by atoms with van der Waals surface area (Å²) in [5.41, 5.74) is 5.38. The highest BCUT2D eigenvalue weighted by molar-refractivity contribution is 5.81. The molecule has 1 spiro atoms. The minimum absolute atomic E-state index is 0.423. The molecule has 18 heavy (non-hydrogen) atoms. The van der Waals surface area contributed by atoms with Crippen molar-refractivity contribution in [2.24, 2.45) is 0 Å². The highest BCUT2D eigenvalue weighted by atomic mass is 16.5. The number of methoxy groups -OCH3 is 1. The third-order valence-electron chi connectivity index (χ3n) is 4.55. The number of nitrogens with one attached hydrogen (secondary N) is 1. The molecule has 1 N–H and O–H groups in total. The maximum Gasteiger partial charge on any atom is 0.213 e. The van der Waals surface area contributed by atoms with E-state index in [0.717, 1.165) is 24.0 Å². The largest absolute Gasteiger partial charge is 0.481 e. The first-order chi connectivity index (χ1) is 8.72. The number of likely N-dealkylation sites (N-methyl/N-ethyl adjacent to an activating group) is 1. The average molecular weight is 243 g/mol. The molecule has 0 amide bonds. The molecule has 2 aromatic heterocycles. The number of ether oxygens (including phenoxy) is 1. The number of nitrogens with zero attached hydrogens (tertiary/aromatic N) is 2. The average Bonchev–Trinajstić information content (AvgIpc) is 3.07. The van der Waals surface area contributed by atoms with Crippen LogP contribution < -0.4 is 4.74 Å². The van der Waals surface area contributed by atoms with Gasteiger partial charge in [0.25, 0.3) is 0 Å². The quantitative estimate of drug-likeness (QED) is 0.834. The predicted octanol–water partition coefficient (Wildman–Crippen LogP) is 2.09. The number of rotatable bonds is 1. The molecular formula is C14H17N3O. The van der Waals surface area contributed by atoms with Gasteiger partial charge in [0.05, 0.1) is 18.1 Å². The SMILES string of the molecule is COc1ccc2[nH]c3c(c2n1)CC1(CC1)N(C)C3. The first kappa shape index (κ1) is 10.4. The molecule has 1 aliphatic heterocycles. The molecule has 1 saturated carbocycles. The highest BCUT2D eigenvalue weighted by Gasteiger charge is 2.49. The Morgan fingerprint density at radius 1 is 1.39 bits per heavy atom. The van der Waals surface area contributed by atoms with Gasteiger partial charge in [-0.15, -0.1) is 0 Å². The second-order valence-corrected chi connectivity index (χ2v) is 5.59. The van der Waals surface area contributed by atoms with Gasteiger partial charge in [0.15, 0.2) is 0 Å². The summed E-state index contributed by atoms with van der Waals surface area (Å²) in [6.45, 7) is 1.01. The van der Waals surface area contributed by atoms with E-state index in [0.29, 0.717) is 11.4 Å². The van der Waals surface area contributed by atoms with Crippen molar-refractivity contribution in [2.45, 2.75) is 31.3 Å². The zero-order chi connectivity index (χ0) is 12.3. The zero-order valence-corrected chi connectivity index (χ0v) is 10.8. The van der Waals surface area contributed by atoms with E-state index < -0.39 is 0 Å². The van der Waals surface area contributed by atoms with Crippen molar-refractivity contribution in [3.8, 4) is 5.88 Å². The molecular weight excluding hydrogens is 226 g/mol. The summed E-state index contributed by atoms with van der Waals surface area (Å²) >= 11 is 0. The molecule has 4 heteroatoms. The molecule has 2 aromatic rings. The topological polar surface area (TPSA) is 41.1 Å². The molecule has 94 valence electrons. The van der Waals surface area contributed by atoms with Crippen LogP contribution in [0.15, 0.2) is 12.1 Å². The van der Waals surface area contributed by atoms with Crippen molar-refractivity contribution in [3.63, 3.8) is 0 Å². The van der Waals surface area contributed by atoms with Crippen molar-refractivity contribution in [1.82, 2.24) is 14.9 Å². The second-order valence-electron chi connectivity index (χ2n) is 5.59. The minimum Gasteiger partial charge on any atom is -0.481 e. The fraction of sp³-hybridized carbons (Fsp3) is 0.500. The number of pyridine rings is 1. The van der Waals surface area contributed by atoms with E-state index in [9.17, 15) is 0 Å². The van der Waals surface area contributed by atoms with Crippen molar-refractivity contribution in [2.75, 3.05) is 14.2 Å². The molecule has 0 aromatic carbocycles. The number of aromatic amines is 1. The lowest BCUT2D eigenvalue weighted by atomic mass is 9.97. The van der Waals surface area contributed by atoms with Crippen molar-refractivity contribution >= 4 is 11.0 Å². The molecule has 4 rings (SSSR count). The summed E-state index contributed by atoms with van der Waals surface area (Å²) < 4.78 is 5.24. The lowest BCUT2D eigenvalue weighted by Crippen LogP contribution is -2.39. The molecule has 2 aliphatic rings. The summed E-state index contributed by atoms with van der Waals surface area (Å²) in [6.07, 6.45) is 3.76. The van der Waals surface area contributed by atoms with Crippen LogP contribution in [0.2, 0.25) is 0 Å². The van der Waals surface area contributed by atoms with Crippen LogP contribution in [0.4, 0.5) is 0 Å². The lowest BCUT2D eigenvalue weighted by molar-refractivity contribution is 0.193. The first-order valence-corrected chi connectivity index (χ1v) is 6.48. The summed E-state index contributed by atoms with van der Waals surface area (Å²) in [5.74, 6) is 0.702. The molecule has 0 unspecified atom stereocenters. The van der Waals surface area contributed by atoms with Crippen LogP contribution in [0.25, 0.3) is 11.0 Å². The Morgan fingerprint density at radius 3 is 2.94 bits per heavy atom. The third-order valence-corrected chi connectivity index (χ3v) is 4.55. The lowest BCUT2D eigenvalue weighted by Gasteiger charge is -2.32. The van der Waals surface area contributed by atoms with Gasteiger partial charge in [0, 0.05) is 29.4 Å². The van der Waals surface area contributed by atoms with Gasteiger partial charge < -0.3 is 9.72 Å². The number of aromatic nitrogens is 2. The maximum atomic E-state index is 5.24. The predicted molar refractivity (Wildman–Crippen MR) is 69.8 cm³/mol.